The van der Waals surface area contributed by atoms with Gasteiger partial charge in [0.1, 0.15) is 5.75 Å². The van der Waals surface area contributed by atoms with Crippen LogP contribution in [0.1, 0.15) is 6.92 Å². The van der Waals surface area contributed by atoms with Crippen LogP contribution in [-0.2, 0) is 14.8 Å². The molecule has 1 aliphatic heterocycles. The summed E-state index contributed by atoms with van der Waals surface area (Å²) in [5.74, 6) is 0.0243. The van der Waals surface area contributed by atoms with Crippen LogP contribution in [0.25, 0.3) is 0 Å². The van der Waals surface area contributed by atoms with E-state index < -0.39 is 10.0 Å². The van der Waals surface area contributed by atoms with Gasteiger partial charge >= 0.3 is 0 Å². The van der Waals surface area contributed by atoms with E-state index in [4.69, 9.17) is 27.9 Å². The number of carbonyl (C=O) groups excluding carboxylic acids is 1. The second-order valence-corrected chi connectivity index (χ2v) is 7.29. The number of benzene rings is 1. The lowest BCUT2D eigenvalue weighted by Crippen LogP contribution is -2.26. The van der Waals surface area contributed by atoms with E-state index in [1.165, 1.54) is 12.1 Å². The number of amides is 1. The maximum absolute atomic E-state index is 12.0. The molecule has 6 nitrogen and oxygen atoms in total. The number of nitrogens with one attached hydrogen (secondary N) is 2. The minimum atomic E-state index is -3.57. The topological polar surface area (TPSA) is 84.5 Å². The van der Waals surface area contributed by atoms with Gasteiger partial charge in [-0.25, -0.2) is 8.42 Å². The Kier molecular flexibility index (Phi) is 4.85. The van der Waals surface area contributed by atoms with Crippen molar-refractivity contribution in [2.75, 3.05) is 28.3 Å². The molecular weight excluding hydrogens is 339 g/mol. The zero-order valence-electron chi connectivity index (χ0n) is 11.2. The number of hydrogen-bond acceptors (Lipinski definition) is 4. The van der Waals surface area contributed by atoms with Gasteiger partial charge in [-0.05, 0) is 12.0 Å². The molecule has 2 N–H and O–H groups in total. The summed E-state index contributed by atoms with van der Waals surface area (Å²) in [4.78, 5) is 11.2. The average molecular weight is 353 g/mol. The first-order valence-corrected chi connectivity index (χ1v) is 8.70. The first kappa shape index (κ1) is 16.2. The molecule has 0 saturated heterocycles. The Bertz CT molecular complexity index is 663. The molecule has 1 heterocycles. The summed E-state index contributed by atoms with van der Waals surface area (Å²) >= 11 is 11.6. The van der Waals surface area contributed by atoms with E-state index >= 15 is 0 Å². The lowest BCUT2D eigenvalue weighted by atomic mass is 10.2. The van der Waals surface area contributed by atoms with Crippen LogP contribution >= 0.6 is 23.2 Å². The van der Waals surface area contributed by atoms with Gasteiger partial charge < -0.3 is 10.1 Å². The molecule has 2 rings (SSSR count). The average Bonchev–Trinajstić information content (AvgIpc) is 2.39. The smallest absolute Gasteiger partial charge is 0.262 e. The van der Waals surface area contributed by atoms with Gasteiger partial charge in [-0.15, -0.1) is 11.6 Å². The van der Waals surface area contributed by atoms with Gasteiger partial charge in [0, 0.05) is 11.9 Å². The third kappa shape index (κ3) is 4.15. The minimum Gasteiger partial charge on any atom is -0.482 e. The van der Waals surface area contributed by atoms with Crippen molar-refractivity contribution in [1.82, 2.24) is 0 Å². The number of ether oxygens (including phenoxy) is 1. The fourth-order valence-electron chi connectivity index (χ4n) is 1.81. The van der Waals surface area contributed by atoms with Crippen molar-refractivity contribution in [3.8, 4) is 5.75 Å². The Morgan fingerprint density at radius 2 is 2.19 bits per heavy atom. The summed E-state index contributed by atoms with van der Waals surface area (Å²) < 4.78 is 31.6. The number of hydrogen-bond donors (Lipinski definition) is 2. The highest BCUT2D eigenvalue weighted by atomic mass is 35.5. The van der Waals surface area contributed by atoms with Crippen LogP contribution < -0.4 is 14.8 Å². The lowest BCUT2D eigenvalue weighted by Gasteiger charge is -2.20. The van der Waals surface area contributed by atoms with Crippen LogP contribution in [0.3, 0.4) is 0 Å². The number of fused-ring (bicyclic) bond motifs is 1. The molecule has 21 heavy (non-hydrogen) atoms. The van der Waals surface area contributed by atoms with Crippen molar-refractivity contribution in [2.24, 2.45) is 5.92 Å². The third-order valence-electron chi connectivity index (χ3n) is 2.73. The predicted octanol–water partition coefficient (Wildman–Crippen LogP) is 2.29. The summed E-state index contributed by atoms with van der Waals surface area (Å²) in [6, 6.07) is 2.89. The maximum atomic E-state index is 12.0. The van der Waals surface area contributed by atoms with Crippen molar-refractivity contribution in [2.45, 2.75) is 6.92 Å². The zero-order valence-corrected chi connectivity index (χ0v) is 13.5. The van der Waals surface area contributed by atoms with E-state index in [9.17, 15) is 13.2 Å². The number of carbonyl (C=O) groups is 1. The summed E-state index contributed by atoms with van der Waals surface area (Å²) in [5.41, 5.74) is 0.613. The molecule has 0 aromatic heterocycles. The van der Waals surface area contributed by atoms with Gasteiger partial charge in [-0.3, -0.25) is 9.52 Å². The molecule has 1 aliphatic rings. The number of halogens is 2. The zero-order chi connectivity index (χ0) is 15.6. The van der Waals surface area contributed by atoms with Crippen LogP contribution in [0.2, 0.25) is 5.02 Å². The summed E-state index contributed by atoms with van der Waals surface area (Å²) in [7, 11) is -3.57. The SMILES string of the molecule is CC(CCl)CS(=O)(=O)Nc1cc2c(cc1Cl)NC(=O)CO2. The fraction of sp³-hybridized carbons (Fsp3) is 0.417. The Labute approximate surface area is 132 Å². The molecule has 1 atom stereocenters. The van der Waals surface area contributed by atoms with E-state index in [2.05, 4.69) is 10.0 Å². The first-order chi connectivity index (χ1) is 9.80. The monoisotopic (exact) mass is 352 g/mol. The van der Waals surface area contributed by atoms with Gasteiger partial charge in [0.05, 0.1) is 22.2 Å². The summed E-state index contributed by atoms with van der Waals surface area (Å²) in [5, 5.41) is 2.76. The van der Waals surface area contributed by atoms with Gasteiger partial charge in [0.15, 0.2) is 6.61 Å². The van der Waals surface area contributed by atoms with E-state index in [1.54, 1.807) is 6.92 Å². The molecule has 9 heteroatoms. The number of alkyl halides is 1. The van der Waals surface area contributed by atoms with Gasteiger partial charge in [-0.1, -0.05) is 18.5 Å². The Balaban J connectivity index is 2.23. The molecular formula is C12H14Cl2N2O4S. The molecule has 1 aromatic rings. The first-order valence-electron chi connectivity index (χ1n) is 6.13. The Morgan fingerprint density at radius 1 is 1.48 bits per heavy atom. The van der Waals surface area contributed by atoms with Crippen LogP contribution in [0.15, 0.2) is 12.1 Å². The van der Waals surface area contributed by atoms with E-state index in [-0.39, 0.29) is 40.8 Å². The molecule has 0 radical (unpaired) electrons. The van der Waals surface area contributed by atoms with Crippen LogP contribution in [0.4, 0.5) is 11.4 Å². The van der Waals surface area contributed by atoms with Crippen LogP contribution in [0.5, 0.6) is 5.75 Å². The minimum absolute atomic E-state index is 0.110. The molecule has 0 spiro atoms. The van der Waals surface area contributed by atoms with Gasteiger partial charge in [0.25, 0.3) is 5.91 Å². The van der Waals surface area contributed by atoms with Crippen molar-refractivity contribution in [1.29, 1.82) is 0 Å². The summed E-state index contributed by atoms with van der Waals surface area (Å²) in [6.45, 7) is 1.61. The number of anilines is 2. The van der Waals surface area contributed by atoms with Gasteiger partial charge in [0.2, 0.25) is 10.0 Å². The molecule has 116 valence electrons. The quantitative estimate of drug-likeness (QED) is 0.796. The fourth-order valence-corrected chi connectivity index (χ4v) is 3.77. The Morgan fingerprint density at radius 3 is 2.86 bits per heavy atom. The standard InChI is InChI=1S/C12H14Cl2N2O4S/c1-7(4-13)6-21(18,19)16-9-3-11-10(2-8(9)14)15-12(17)5-20-11/h2-3,7,16H,4-6H2,1H3,(H,15,17). The molecule has 1 aromatic carbocycles. The molecule has 1 unspecified atom stereocenters. The third-order valence-corrected chi connectivity index (χ3v) is 5.11. The van der Waals surface area contributed by atoms with E-state index in [0.29, 0.717) is 11.4 Å². The molecule has 0 saturated carbocycles. The van der Waals surface area contributed by atoms with E-state index in [0.717, 1.165) is 0 Å². The van der Waals surface area contributed by atoms with Crippen molar-refractivity contribution in [3.63, 3.8) is 0 Å². The normalized spacial score (nSPS) is 15.7. The lowest BCUT2D eigenvalue weighted by molar-refractivity contribution is -0.118. The van der Waals surface area contributed by atoms with Gasteiger partial charge in [-0.2, -0.15) is 0 Å². The highest BCUT2D eigenvalue weighted by Gasteiger charge is 2.21. The second kappa shape index (κ2) is 6.29. The highest BCUT2D eigenvalue weighted by molar-refractivity contribution is 7.92. The van der Waals surface area contributed by atoms with Crippen molar-refractivity contribution < 1.29 is 17.9 Å². The molecule has 1 amide bonds. The molecule has 0 bridgehead atoms. The van der Waals surface area contributed by atoms with Crippen molar-refractivity contribution in [3.05, 3.63) is 17.2 Å². The molecule has 0 aliphatic carbocycles. The van der Waals surface area contributed by atoms with Crippen molar-refractivity contribution >= 4 is 50.5 Å². The highest BCUT2D eigenvalue weighted by Crippen LogP contribution is 2.36. The van der Waals surface area contributed by atoms with Crippen LogP contribution in [0, 0.1) is 5.92 Å². The maximum Gasteiger partial charge on any atom is 0.262 e. The molecule has 0 fully saturated rings. The van der Waals surface area contributed by atoms with Crippen LogP contribution in [-0.4, -0.2) is 32.6 Å². The number of rotatable bonds is 5. The largest absolute Gasteiger partial charge is 0.482 e. The number of sulfonamides is 1. The second-order valence-electron chi connectivity index (χ2n) is 4.81. The Hall–Kier alpha value is -1.18. The summed E-state index contributed by atoms with van der Waals surface area (Å²) in [6.07, 6.45) is 0. The van der Waals surface area contributed by atoms with E-state index in [1.807, 2.05) is 0 Å². The predicted molar refractivity (Wildman–Crippen MR) is 82.9 cm³/mol.